The van der Waals surface area contributed by atoms with Gasteiger partial charge in [-0.15, -0.1) is 0 Å². The summed E-state index contributed by atoms with van der Waals surface area (Å²) >= 11 is 0. The van der Waals surface area contributed by atoms with Gasteiger partial charge in [0.1, 0.15) is 47.4 Å². The second kappa shape index (κ2) is 10.6. The summed E-state index contributed by atoms with van der Waals surface area (Å²) in [6.45, 7) is 3.02. The third kappa shape index (κ3) is 5.00. The highest BCUT2D eigenvalue weighted by atomic mass is 16.6. The molecule has 0 spiro atoms. The van der Waals surface area contributed by atoms with Crippen LogP contribution in [0.2, 0.25) is 0 Å². The number of carbonyl (C=O) groups is 2. The van der Waals surface area contributed by atoms with E-state index in [1.54, 1.807) is 67.8 Å². The molecule has 0 aliphatic heterocycles. The molecule has 1 unspecified atom stereocenters. The maximum Gasteiger partial charge on any atom is 0.417 e. The molecule has 2 atom stereocenters. The topological polar surface area (TPSA) is 148 Å². The van der Waals surface area contributed by atoms with Crippen molar-refractivity contribution in [1.82, 2.24) is 0 Å². The molecule has 1 heterocycles. The number of aliphatic hydroxyl groups is 3. The highest BCUT2D eigenvalue weighted by Crippen LogP contribution is 2.46. The Labute approximate surface area is 229 Å². The second-order valence-electron chi connectivity index (χ2n) is 10.00. The van der Waals surface area contributed by atoms with Crippen molar-refractivity contribution in [3.8, 4) is 17.2 Å². The molecule has 40 heavy (non-hydrogen) atoms. The van der Waals surface area contributed by atoms with Gasteiger partial charge in [-0.05, 0) is 74.0 Å². The van der Waals surface area contributed by atoms with Gasteiger partial charge in [-0.1, -0.05) is 0 Å². The highest BCUT2D eigenvalue weighted by Gasteiger charge is 2.42. The summed E-state index contributed by atoms with van der Waals surface area (Å²) in [5, 5.41) is 31.7. The molecule has 4 aromatic rings. The molecule has 0 radical (unpaired) electrons. The molecule has 10 heteroatoms. The molecular formula is C30H29NO9. The number of aliphatic hydroxyl groups excluding tert-OH is 3. The van der Waals surface area contributed by atoms with E-state index < -0.39 is 30.3 Å². The minimum atomic E-state index is -1.32. The summed E-state index contributed by atoms with van der Waals surface area (Å²) in [5.74, 6) is 1.55. The molecule has 3 aromatic carbocycles. The zero-order valence-corrected chi connectivity index (χ0v) is 22.1. The van der Waals surface area contributed by atoms with Gasteiger partial charge in [0.25, 0.3) is 0 Å². The molecule has 0 saturated heterocycles. The average Bonchev–Trinajstić information content (AvgIpc) is 3.35. The van der Waals surface area contributed by atoms with E-state index >= 15 is 0 Å². The molecule has 10 nitrogen and oxygen atoms in total. The number of benzene rings is 3. The van der Waals surface area contributed by atoms with Crippen LogP contribution in [0.5, 0.6) is 17.2 Å². The molecule has 0 fully saturated rings. The highest BCUT2D eigenvalue weighted by molar-refractivity contribution is 6.19. The van der Waals surface area contributed by atoms with Gasteiger partial charge in [-0.25, -0.2) is 4.79 Å². The van der Waals surface area contributed by atoms with Crippen LogP contribution in [-0.4, -0.2) is 59.7 Å². The first-order valence-electron chi connectivity index (χ1n) is 12.6. The first-order valence-corrected chi connectivity index (χ1v) is 12.6. The van der Waals surface area contributed by atoms with Gasteiger partial charge in [-0.2, -0.15) is 0 Å². The lowest BCUT2D eigenvalue weighted by Crippen LogP contribution is -2.34. The van der Waals surface area contributed by atoms with Crippen molar-refractivity contribution < 1.29 is 43.5 Å². The first-order chi connectivity index (χ1) is 19.1. The van der Waals surface area contributed by atoms with Crippen LogP contribution >= 0.6 is 0 Å². The fraction of sp³-hybridized carbons (Fsp3) is 0.267. The summed E-state index contributed by atoms with van der Waals surface area (Å²) in [6.07, 6.45) is -3.28. The summed E-state index contributed by atoms with van der Waals surface area (Å²) in [5.41, 5.74) is 1.81. The maximum absolute atomic E-state index is 13.6. The van der Waals surface area contributed by atoms with E-state index in [-0.39, 0.29) is 18.1 Å². The lowest BCUT2D eigenvalue weighted by atomic mass is 9.71. The van der Waals surface area contributed by atoms with Gasteiger partial charge in [0.15, 0.2) is 5.78 Å². The summed E-state index contributed by atoms with van der Waals surface area (Å²) in [6, 6.07) is 16.6. The Hall–Kier alpha value is -4.38. The number of hydrogen-bond acceptors (Lipinski definition) is 9. The van der Waals surface area contributed by atoms with Gasteiger partial charge >= 0.3 is 6.09 Å². The van der Waals surface area contributed by atoms with E-state index in [1.807, 2.05) is 13.8 Å². The number of ketones is 1. The van der Waals surface area contributed by atoms with E-state index in [1.165, 1.54) is 0 Å². The Morgan fingerprint density at radius 1 is 0.975 bits per heavy atom. The van der Waals surface area contributed by atoms with Crippen molar-refractivity contribution in [2.24, 2.45) is 0 Å². The number of methoxy groups -OCH3 is 1. The van der Waals surface area contributed by atoms with Crippen LogP contribution in [0.1, 0.15) is 41.1 Å². The van der Waals surface area contributed by atoms with Gasteiger partial charge in [-0.3, -0.25) is 10.1 Å². The van der Waals surface area contributed by atoms with Crippen molar-refractivity contribution in [3.05, 3.63) is 83.1 Å². The average molecular weight is 548 g/mol. The number of anilines is 1. The van der Waals surface area contributed by atoms with Crippen molar-refractivity contribution >= 4 is 28.5 Å². The van der Waals surface area contributed by atoms with Gasteiger partial charge in [0.2, 0.25) is 0 Å². The molecule has 208 valence electrons. The molecule has 1 aromatic heterocycles. The largest absolute Gasteiger partial charge is 0.497 e. The molecule has 0 bridgehead atoms. The minimum absolute atomic E-state index is 0.212. The number of amides is 1. The Morgan fingerprint density at radius 2 is 1.68 bits per heavy atom. The van der Waals surface area contributed by atoms with E-state index in [9.17, 15) is 19.8 Å². The minimum Gasteiger partial charge on any atom is -0.497 e. The monoisotopic (exact) mass is 547 g/mol. The fourth-order valence-corrected chi connectivity index (χ4v) is 4.73. The molecule has 4 N–H and O–H groups in total. The predicted molar refractivity (Wildman–Crippen MR) is 145 cm³/mol. The number of nitrogens with one attached hydrogen (secondary N) is 1. The Bertz CT molecular complexity index is 1570. The van der Waals surface area contributed by atoms with Gasteiger partial charge in [0, 0.05) is 28.1 Å². The van der Waals surface area contributed by atoms with E-state index in [4.69, 9.17) is 23.7 Å². The number of hydrogen-bond donors (Lipinski definition) is 4. The van der Waals surface area contributed by atoms with Crippen LogP contribution in [0.25, 0.3) is 11.0 Å². The third-order valence-electron chi connectivity index (χ3n) is 6.96. The lowest BCUT2D eigenvalue weighted by Gasteiger charge is -2.31. The number of fused-ring (bicyclic) bond motifs is 4. The molecule has 5 rings (SSSR count). The Balaban J connectivity index is 1.39. The Morgan fingerprint density at radius 3 is 2.38 bits per heavy atom. The Kier molecular flexibility index (Phi) is 7.24. The molecular weight excluding hydrogens is 518 g/mol. The lowest BCUT2D eigenvalue weighted by molar-refractivity contribution is -0.0339. The maximum atomic E-state index is 13.6. The van der Waals surface area contributed by atoms with Crippen LogP contribution in [0.4, 0.5) is 10.5 Å². The van der Waals surface area contributed by atoms with Crippen LogP contribution in [0.3, 0.4) is 0 Å². The van der Waals surface area contributed by atoms with Crippen LogP contribution in [0.15, 0.2) is 65.1 Å². The third-order valence-corrected chi connectivity index (χ3v) is 6.96. The number of ether oxygens (including phenoxy) is 3. The van der Waals surface area contributed by atoms with Crippen LogP contribution in [0, 0.1) is 0 Å². The molecule has 1 aliphatic rings. The molecule has 1 amide bonds. The van der Waals surface area contributed by atoms with E-state index in [0.29, 0.717) is 50.6 Å². The van der Waals surface area contributed by atoms with Crippen molar-refractivity contribution in [2.45, 2.75) is 31.5 Å². The first kappa shape index (κ1) is 27.2. The zero-order valence-electron chi connectivity index (χ0n) is 22.1. The van der Waals surface area contributed by atoms with Crippen molar-refractivity contribution in [1.29, 1.82) is 0 Å². The molecule has 0 saturated carbocycles. The summed E-state index contributed by atoms with van der Waals surface area (Å²) in [4.78, 5) is 26.0. The SMILES string of the molecule is COc1ccc(NC(=O)Oc2ccc3c4c(oc3c2)C(C)(C)c2cc(OC[C@@H](O)C(O)CO)ccc2C4=O)cc1. The van der Waals surface area contributed by atoms with E-state index in [0.717, 1.165) is 0 Å². The quantitative estimate of drug-likeness (QED) is 0.257. The normalized spacial score (nSPS) is 15.1. The standard InChI is InChI=1S/C30H29NO9/c1-30(2)22-12-18(38-15-24(34)23(33)14-32)8-10-20(22)27(35)26-21-11-9-19(13-25(21)40-28(26)30)39-29(36)31-16-4-6-17(37-3)7-5-16/h4-13,23-24,32-34H,14-15H2,1-3H3,(H,31,36)/t23?,24-/m1/s1. The summed E-state index contributed by atoms with van der Waals surface area (Å²) < 4.78 is 22.4. The summed E-state index contributed by atoms with van der Waals surface area (Å²) in [7, 11) is 1.56. The molecule has 1 aliphatic carbocycles. The van der Waals surface area contributed by atoms with Gasteiger partial charge in [0.05, 0.1) is 19.3 Å². The number of carbonyl (C=O) groups excluding carboxylic acids is 2. The number of rotatable bonds is 8. The smallest absolute Gasteiger partial charge is 0.417 e. The predicted octanol–water partition coefficient (Wildman–Crippen LogP) is 4.02. The van der Waals surface area contributed by atoms with Crippen molar-refractivity contribution in [3.63, 3.8) is 0 Å². The van der Waals surface area contributed by atoms with Gasteiger partial charge < -0.3 is 33.9 Å². The van der Waals surface area contributed by atoms with Crippen molar-refractivity contribution in [2.75, 3.05) is 25.6 Å². The second-order valence-corrected chi connectivity index (χ2v) is 10.00. The van der Waals surface area contributed by atoms with Crippen LogP contribution < -0.4 is 19.5 Å². The van der Waals surface area contributed by atoms with E-state index in [2.05, 4.69) is 5.32 Å². The zero-order chi connectivity index (χ0) is 28.6. The van der Waals surface area contributed by atoms with Crippen LogP contribution in [-0.2, 0) is 5.41 Å². The fourth-order valence-electron chi connectivity index (χ4n) is 4.73. The number of furan rings is 1.